The van der Waals surface area contributed by atoms with Gasteiger partial charge >= 0.3 is 0 Å². The summed E-state index contributed by atoms with van der Waals surface area (Å²) in [5.74, 6) is -0.266. The Hall–Kier alpha value is -0.710. The number of thiol groups is 1. The first kappa shape index (κ1) is 22.3. The Morgan fingerprint density at radius 2 is 1.39 bits per heavy atom. The van der Waals surface area contributed by atoms with Crippen molar-refractivity contribution in [3.8, 4) is 0 Å². The van der Waals surface area contributed by atoms with Gasteiger partial charge in [-0.1, -0.05) is 0 Å². The maximum Gasteiger partial charge on any atom is 0.246 e. The molecule has 0 aromatic carbocycles. The molecule has 0 aliphatic rings. The Bertz CT molecular complexity index is 307. The van der Waals surface area contributed by atoms with Gasteiger partial charge in [-0.05, 0) is 19.4 Å². The summed E-state index contributed by atoms with van der Waals surface area (Å²) in [4.78, 5) is 21.8. The van der Waals surface area contributed by atoms with Gasteiger partial charge in [-0.15, -0.1) is 12.6 Å². The molecule has 0 atom stereocenters. The van der Waals surface area contributed by atoms with Crippen LogP contribution in [-0.2, 0) is 28.5 Å². The highest BCUT2D eigenvalue weighted by atomic mass is 32.1. The molecule has 0 bridgehead atoms. The monoisotopic (exact) mass is 352 g/mol. The van der Waals surface area contributed by atoms with E-state index in [1.165, 1.54) is 0 Å². The lowest BCUT2D eigenvalue weighted by atomic mass is 10.4. The van der Waals surface area contributed by atoms with Gasteiger partial charge < -0.3 is 30.0 Å². The molecule has 23 heavy (non-hydrogen) atoms. The summed E-state index contributed by atoms with van der Waals surface area (Å²) in [7, 11) is 0. The maximum atomic E-state index is 11.3. The summed E-state index contributed by atoms with van der Waals surface area (Å²) < 4.78 is 20.8. The molecule has 136 valence electrons. The lowest BCUT2D eigenvalue weighted by molar-refractivity contribution is -0.127. The number of ether oxygens (including phenoxy) is 4. The summed E-state index contributed by atoms with van der Waals surface area (Å²) in [6.07, 6.45) is 1.55. The van der Waals surface area contributed by atoms with E-state index in [0.717, 1.165) is 6.42 Å². The van der Waals surface area contributed by atoms with Gasteiger partial charge in [0.05, 0.1) is 26.4 Å². The summed E-state index contributed by atoms with van der Waals surface area (Å²) in [5.41, 5.74) is 5.34. The first-order chi connectivity index (χ1) is 11.2. The van der Waals surface area contributed by atoms with Crippen LogP contribution < -0.4 is 11.1 Å². The Morgan fingerprint density at radius 3 is 1.96 bits per heavy atom. The van der Waals surface area contributed by atoms with Gasteiger partial charge in [-0.25, -0.2) is 0 Å². The van der Waals surface area contributed by atoms with Crippen molar-refractivity contribution < 1.29 is 28.5 Å². The van der Waals surface area contributed by atoms with Crippen LogP contribution in [-0.4, -0.2) is 77.0 Å². The smallest absolute Gasteiger partial charge is 0.246 e. The van der Waals surface area contributed by atoms with Gasteiger partial charge in [0.1, 0.15) is 13.2 Å². The van der Waals surface area contributed by atoms with Crippen molar-refractivity contribution in [3.05, 3.63) is 0 Å². The predicted octanol–water partition coefficient (Wildman–Crippen LogP) is -0.636. The third kappa shape index (κ3) is 19.2. The summed E-state index contributed by atoms with van der Waals surface area (Å²) in [6.45, 7) is 4.13. The van der Waals surface area contributed by atoms with E-state index in [0.29, 0.717) is 59.2 Å². The van der Waals surface area contributed by atoms with E-state index in [4.69, 9.17) is 24.7 Å². The van der Waals surface area contributed by atoms with Crippen LogP contribution in [0, 0.1) is 0 Å². The van der Waals surface area contributed by atoms with Gasteiger partial charge in [0.25, 0.3) is 0 Å². The topological polar surface area (TPSA) is 109 Å². The molecule has 0 saturated heterocycles. The Morgan fingerprint density at radius 1 is 0.826 bits per heavy atom. The highest BCUT2D eigenvalue weighted by Crippen LogP contribution is 1.86. The van der Waals surface area contributed by atoms with Crippen LogP contribution in [0.5, 0.6) is 0 Å². The number of nitrogens with one attached hydrogen (secondary N) is 1. The molecule has 0 aromatic heterocycles. The normalized spacial score (nSPS) is 10.7. The van der Waals surface area contributed by atoms with Crippen molar-refractivity contribution in [3.63, 3.8) is 0 Å². The fourth-order valence-corrected chi connectivity index (χ4v) is 1.50. The molecule has 0 rings (SSSR count). The molecule has 0 heterocycles. The second-order valence-corrected chi connectivity index (χ2v) is 5.07. The second kappa shape index (κ2) is 17.6. The lowest BCUT2D eigenvalue weighted by Crippen LogP contribution is -2.29. The predicted molar refractivity (Wildman–Crippen MR) is 88.6 cm³/mol. The van der Waals surface area contributed by atoms with E-state index in [-0.39, 0.29) is 19.1 Å². The van der Waals surface area contributed by atoms with Gasteiger partial charge in [0, 0.05) is 19.8 Å². The number of nitrogens with two attached hydrogens (primary N) is 1. The van der Waals surface area contributed by atoms with E-state index >= 15 is 0 Å². The minimum atomic E-state index is -0.407. The van der Waals surface area contributed by atoms with Crippen molar-refractivity contribution in [2.24, 2.45) is 5.73 Å². The average Bonchev–Trinajstić information content (AvgIpc) is 2.51. The van der Waals surface area contributed by atoms with E-state index in [1.54, 1.807) is 0 Å². The Labute approximate surface area is 142 Å². The first-order valence-corrected chi connectivity index (χ1v) is 8.11. The van der Waals surface area contributed by atoms with E-state index in [9.17, 15) is 9.59 Å². The molecule has 0 aliphatic carbocycles. The SMILES string of the molecule is NCCCOCCOCCOCCCNC(=O)COCC(=O)S. The zero-order valence-electron chi connectivity index (χ0n) is 13.5. The molecular weight excluding hydrogens is 324 g/mol. The average molecular weight is 352 g/mol. The minimum absolute atomic E-state index is 0.144. The lowest BCUT2D eigenvalue weighted by Gasteiger charge is -2.07. The Kier molecular flexibility index (Phi) is 17.1. The van der Waals surface area contributed by atoms with Crippen LogP contribution in [0.2, 0.25) is 0 Å². The maximum absolute atomic E-state index is 11.3. The van der Waals surface area contributed by atoms with E-state index in [1.807, 2.05) is 0 Å². The molecule has 0 saturated carbocycles. The summed E-state index contributed by atoms with van der Waals surface area (Å²) in [5, 5.41) is 2.25. The number of hydrogen-bond donors (Lipinski definition) is 3. The summed E-state index contributed by atoms with van der Waals surface area (Å²) in [6, 6.07) is 0. The molecule has 0 spiro atoms. The third-order valence-corrected chi connectivity index (χ3v) is 2.61. The number of amides is 1. The highest BCUT2D eigenvalue weighted by molar-refractivity contribution is 7.96. The van der Waals surface area contributed by atoms with Gasteiger partial charge in [0.2, 0.25) is 11.0 Å². The number of carbonyl (C=O) groups excluding carboxylic acids is 2. The number of hydrogen-bond acceptors (Lipinski definition) is 7. The summed E-state index contributed by atoms with van der Waals surface area (Å²) >= 11 is 3.52. The van der Waals surface area contributed by atoms with Crippen molar-refractivity contribution in [2.45, 2.75) is 12.8 Å². The molecule has 3 N–H and O–H groups in total. The molecule has 0 unspecified atom stereocenters. The first-order valence-electron chi connectivity index (χ1n) is 7.66. The number of rotatable bonds is 17. The molecule has 9 heteroatoms. The molecule has 0 fully saturated rings. The zero-order chi connectivity index (χ0) is 17.2. The molecule has 8 nitrogen and oxygen atoms in total. The van der Waals surface area contributed by atoms with Crippen LogP contribution in [0.1, 0.15) is 12.8 Å². The van der Waals surface area contributed by atoms with Crippen LogP contribution in [0.15, 0.2) is 0 Å². The molecular formula is C14H28N2O6S. The van der Waals surface area contributed by atoms with Crippen molar-refractivity contribution in [2.75, 3.05) is 65.9 Å². The van der Waals surface area contributed by atoms with Crippen molar-refractivity contribution in [1.82, 2.24) is 5.32 Å². The molecule has 1 amide bonds. The Balaban J connectivity index is 3.12. The third-order valence-electron chi connectivity index (χ3n) is 2.48. The number of carbonyl (C=O) groups is 2. The largest absolute Gasteiger partial charge is 0.379 e. The van der Waals surface area contributed by atoms with Gasteiger partial charge in [-0.2, -0.15) is 0 Å². The van der Waals surface area contributed by atoms with E-state index < -0.39 is 5.12 Å². The highest BCUT2D eigenvalue weighted by Gasteiger charge is 2.02. The van der Waals surface area contributed by atoms with Crippen LogP contribution in [0.25, 0.3) is 0 Å². The van der Waals surface area contributed by atoms with Gasteiger partial charge in [0.15, 0.2) is 0 Å². The van der Waals surface area contributed by atoms with Crippen molar-refractivity contribution in [1.29, 1.82) is 0 Å². The minimum Gasteiger partial charge on any atom is -0.379 e. The van der Waals surface area contributed by atoms with Crippen LogP contribution >= 0.6 is 12.6 Å². The van der Waals surface area contributed by atoms with Crippen molar-refractivity contribution >= 4 is 23.7 Å². The molecule has 0 radical (unpaired) electrons. The van der Waals surface area contributed by atoms with E-state index in [2.05, 4.69) is 17.9 Å². The molecule has 0 aliphatic heterocycles. The fourth-order valence-electron chi connectivity index (χ4n) is 1.41. The van der Waals surface area contributed by atoms with Gasteiger partial charge in [-0.3, -0.25) is 9.59 Å². The van der Waals surface area contributed by atoms with Crippen LogP contribution in [0.3, 0.4) is 0 Å². The quantitative estimate of drug-likeness (QED) is 0.236. The second-order valence-electron chi connectivity index (χ2n) is 4.57. The zero-order valence-corrected chi connectivity index (χ0v) is 14.4. The van der Waals surface area contributed by atoms with Crippen LogP contribution in [0.4, 0.5) is 0 Å². The molecule has 0 aromatic rings. The fraction of sp³-hybridized carbons (Fsp3) is 0.857. The standard InChI is InChI=1S/C14H28N2O6S/c15-3-1-5-19-7-9-21-10-8-20-6-2-4-16-13(17)11-22-12-14(18)23/h1-12,15H2,(H,16,17)(H,18,23).